The number of ether oxygens (including phenoxy) is 1. The van der Waals surface area contributed by atoms with E-state index in [9.17, 15) is 0 Å². The van der Waals surface area contributed by atoms with Crippen LogP contribution in [0.4, 0.5) is 0 Å². The van der Waals surface area contributed by atoms with Gasteiger partial charge in [0, 0.05) is 0 Å². The molecule has 0 aromatic heterocycles. The lowest BCUT2D eigenvalue weighted by atomic mass is 10.0. The van der Waals surface area contributed by atoms with Gasteiger partial charge >= 0.3 is 0 Å². The molecular formula is C15H12BrNO. The van der Waals surface area contributed by atoms with E-state index in [4.69, 9.17) is 10.00 Å². The summed E-state index contributed by atoms with van der Waals surface area (Å²) in [5, 5.41) is 8.74. The van der Waals surface area contributed by atoms with Gasteiger partial charge in [-0.25, -0.2) is 0 Å². The Kier molecular flexibility index (Phi) is 4.01. The summed E-state index contributed by atoms with van der Waals surface area (Å²) in [5.41, 5.74) is 3.08. The van der Waals surface area contributed by atoms with E-state index in [0.29, 0.717) is 5.56 Å². The summed E-state index contributed by atoms with van der Waals surface area (Å²) >= 11 is 3.48. The number of hydrogen-bond donors (Lipinski definition) is 0. The minimum atomic E-state index is 0.690. The van der Waals surface area contributed by atoms with Gasteiger partial charge in [0.15, 0.2) is 0 Å². The number of halogens is 1. The topological polar surface area (TPSA) is 33.0 Å². The number of rotatable bonds is 3. The van der Waals surface area contributed by atoms with E-state index < -0.39 is 0 Å². The van der Waals surface area contributed by atoms with Crippen molar-refractivity contribution in [2.75, 3.05) is 7.11 Å². The van der Waals surface area contributed by atoms with E-state index in [0.717, 1.165) is 16.6 Å². The molecule has 0 aliphatic heterocycles. The van der Waals surface area contributed by atoms with E-state index in [2.05, 4.69) is 28.1 Å². The van der Waals surface area contributed by atoms with Crippen molar-refractivity contribution in [2.45, 2.75) is 6.42 Å². The van der Waals surface area contributed by atoms with Gasteiger partial charge in [-0.15, -0.1) is 0 Å². The molecule has 2 rings (SSSR count). The summed E-state index contributed by atoms with van der Waals surface area (Å²) < 4.78 is 6.15. The minimum Gasteiger partial charge on any atom is -0.496 e. The highest BCUT2D eigenvalue weighted by Gasteiger charge is 2.02. The average Bonchev–Trinajstić information content (AvgIpc) is 2.40. The fourth-order valence-corrected chi connectivity index (χ4v) is 2.34. The van der Waals surface area contributed by atoms with Gasteiger partial charge in [0.05, 0.1) is 23.2 Å². The number of benzene rings is 2. The Hall–Kier alpha value is -1.79. The number of hydrogen-bond acceptors (Lipinski definition) is 2. The lowest BCUT2D eigenvalue weighted by Gasteiger charge is -2.06. The van der Waals surface area contributed by atoms with Crippen LogP contribution in [0.5, 0.6) is 5.75 Å². The fraction of sp³-hybridized carbons (Fsp3) is 0.133. The first kappa shape index (κ1) is 12.7. The van der Waals surface area contributed by atoms with Gasteiger partial charge in [0.1, 0.15) is 5.75 Å². The van der Waals surface area contributed by atoms with Crippen LogP contribution in [0.3, 0.4) is 0 Å². The molecule has 0 fully saturated rings. The highest BCUT2D eigenvalue weighted by molar-refractivity contribution is 9.10. The lowest BCUT2D eigenvalue weighted by Crippen LogP contribution is -1.90. The van der Waals surface area contributed by atoms with Crippen molar-refractivity contribution in [3.63, 3.8) is 0 Å². The lowest BCUT2D eigenvalue weighted by molar-refractivity contribution is 0.412. The second kappa shape index (κ2) is 5.70. The smallest absolute Gasteiger partial charge is 0.133 e. The van der Waals surface area contributed by atoms with Crippen LogP contribution >= 0.6 is 15.9 Å². The molecule has 3 heteroatoms. The standard InChI is InChI=1S/C15H12BrNO/c1-18-15-7-6-13(9-14(15)16)8-11-2-4-12(10-17)5-3-11/h2-7,9H,8H2,1H3. The molecule has 0 atom stereocenters. The van der Waals surface area contributed by atoms with Gasteiger partial charge in [-0.05, 0) is 57.7 Å². The molecule has 0 heterocycles. The van der Waals surface area contributed by atoms with Gasteiger partial charge in [-0.3, -0.25) is 0 Å². The zero-order valence-electron chi connectivity index (χ0n) is 9.98. The molecule has 0 N–H and O–H groups in total. The van der Waals surface area contributed by atoms with E-state index >= 15 is 0 Å². The summed E-state index contributed by atoms with van der Waals surface area (Å²) in [6, 6.07) is 15.8. The van der Waals surface area contributed by atoms with Crippen molar-refractivity contribution in [1.29, 1.82) is 5.26 Å². The predicted octanol–water partition coefficient (Wildman–Crippen LogP) is 3.92. The second-order valence-corrected chi connectivity index (χ2v) is 4.81. The number of nitriles is 1. The summed E-state index contributed by atoms with van der Waals surface area (Å²) in [4.78, 5) is 0. The number of methoxy groups -OCH3 is 1. The first-order valence-corrected chi connectivity index (χ1v) is 6.33. The first-order chi connectivity index (χ1) is 8.72. The molecule has 0 bridgehead atoms. The summed E-state index contributed by atoms with van der Waals surface area (Å²) in [7, 11) is 1.65. The van der Waals surface area contributed by atoms with Crippen molar-refractivity contribution in [3.8, 4) is 11.8 Å². The molecule has 0 unspecified atom stereocenters. The van der Waals surface area contributed by atoms with Crippen LogP contribution in [0, 0.1) is 11.3 Å². The summed E-state index contributed by atoms with van der Waals surface area (Å²) in [5.74, 6) is 0.832. The quantitative estimate of drug-likeness (QED) is 0.861. The maximum absolute atomic E-state index is 8.74. The Labute approximate surface area is 115 Å². The molecular weight excluding hydrogens is 290 g/mol. The van der Waals surface area contributed by atoms with Gasteiger partial charge in [0.25, 0.3) is 0 Å². The Balaban J connectivity index is 2.18. The average molecular weight is 302 g/mol. The fourth-order valence-electron chi connectivity index (χ4n) is 1.75. The molecule has 0 radical (unpaired) electrons. The molecule has 0 aliphatic rings. The molecule has 2 aromatic rings. The van der Waals surface area contributed by atoms with Crippen molar-refractivity contribution in [2.24, 2.45) is 0 Å². The normalized spacial score (nSPS) is 9.83. The van der Waals surface area contributed by atoms with Crippen molar-refractivity contribution >= 4 is 15.9 Å². The van der Waals surface area contributed by atoms with Crippen LogP contribution < -0.4 is 4.74 Å². The third kappa shape index (κ3) is 2.91. The van der Waals surface area contributed by atoms with Crippen LogP contribution in [-0.2, 0) is 6.42 Å². The van der Waals surface area contributed by atoms with Gasteiger partial charge in [0.2, 0.25) is 0 Å². The second-order valence-electron chi connectivity index (χ2n) is 3.95. The van der Waals surface area contributed by atoms with Crippen LogP contribution in [0.15, 0.2) is 46.9 Å². The van der Waals surface area contributed by atoms with E-state index in [-0.39, 0.29) is 0 Å². The Morgan fingerprint density at radius 2 is 1.78 bits per heavy atom. The van der Waals surface area contributed by atoms with Crippen LogP contribution in [0.1, 0.15) is 16.7 Å². The third-order valence-corrected chi connectivity index (χ3v) is 3.33. The highest BCUT2D eigenvalue weighted by Crippen LogP contribution is 2.26. The first-order valence-electron chi connectivity index (χ1n) is 5.54. The van der Waals surface area contributed by atoms with Crippen molar-refractivity contribution in [1.82, 2.24) is 0 Å². The van der Waals surface area contributed by atoms with Crippen LogP contribution in [0.25, 0.3) is 0 Å². The van der Waals surface area contributed by atoms with Gasteiger partial charge < -0.3 is 4.74 Å². The molecule has 0 spiro atoms. The molecule has 90 valence electrons. The highest BCUT2D eigenvalue weighted by atomic mass is 79.9. The monoisotopic (exact) mass is 301 g/mol. The zero-order chi connectivity index (χ0) is 13.0. The number of nitrogens with zero attached hydrogens (tertiary/aromatic N) is 1. The Morgan fingerprint density at radius 3 is 2.33 bits per heavy atom. The van der Waals surface area contributed by atoms with Crippen molar-refractivity contribution in [3.05, 3.63) is 63.6 Å². The van der Waals surface area contributed by atoms with Gasteiger partial charge in [-0.1, -0.05) is 18.2 Å². The molecule has 0 amide bonds. The van der Waals surface area contributed by atoms with Crippen molar-refractivity contribution < 1.29 is 4.74 Å². The maximum Gasteiger partial charge on any atom is 0.133 e. The Bertz CT molecular complexity index is 584. The molecule has 0 aliphatic carbocycles. The molecule has 2 nitrogen and oxygen atoms in total. The van der Waals surface area contributed by atoms with E-state index in [1.807, 2.05) is 36.4 Å². The molecule has 0 saturated heterocycles. The zero-order valence-corrected chi connectivity index (χ0v) is 11.6. The van der Waals surface area contributed by atoms with E-state index in [1.54, 1.807) is 7.11 Å². The largest absolute Gasteiger partial charge is 0.496 e. The Morgan fingerprint density at radius 1 is 1.11 bits per heavy atom. The summed E-state index contributed by atoms with van der Waals surface area (Å²) in [6.45, 7) is 0. The minimum absolute atomic E-state index is 0.690. The SMILES string of the molecule is COc1ccc(Cc2ccc(C#N)cc2)cc1Br. The van der Waals surface area contributed by atoms with E-state index in [1.165, 1.54) is 11.1 Å². The maximum atomic E-state index is 8.74. The van der Waals surface area contributed by atoms with Gasteiger partial charge in [-0.2, -0.15) is 5.26 Å². The summed E-state index contributed by atoms with van der Waals surface area (Å²) in [6.07, 6.45) is 0.842. The third-order valence-electron chi connectivity index (χ3n) is 2.71. The predicted molar refractivity (Wildman–Crippen MR) is 74.7 cm³/mol. The molecule has 0 saturated carbocycles. The molecule has 2 aromatic carbocycles. The van der Waals surface area contributed by atoms with Crippen LogP contribution in [-0.4, -0.2) is 7.11 Å². The molecule has 18 heavy (non-hydrogen) atoms. The van der Waals surface area contributed by atoms with Crippen LogP contribution in [0.2, 0.25) is 0 Å².